The summed E-state index contributed by atoms with van der Waals surface area (Å²) in [7, 11) is 0.0757. The largest absolute Gasteiger partial charge is 0.496 e. The highest BCUT2D eigenvalue weighted by Crippen LogP contribution is 2.30. The molecule has 3 aromatic rings. The lowest BCUT2D eigenvalue weighted by Crippen LogP contribution is -2.09. The predicted molar refractivity (Wildman–Crippen MR) is 107 cm³/mol. The first kappa shape index (κ1) is 19.7. The van der Waals surface area contributed by atoms with E-state index in [9.17, 15) is 8.42 Å². The van der Waals surface area contributed by atoms with Crippen molar-refractivity contribution in [3.05, 3.63) is 53.6 Å². The fourth-order valence-electron chi connectivity index (χ4n) is 2.51. The number of benzene rings is 2. The summed E-state index contributed by atoms with van der Waals surface area (Å²) >= 11 is 7.16. The number of rotatable bonds is 7. The zero-order valence-electron chi connectivity index (χ0n) is 14.8. The fourth-order valence-corrected chi connectivity index (χ4v) is 5.19. The topological polar surface area (TPSA) is 74.1 Å². The van der Waals surface area contributed by atoms with Gasteiger partial charge in [-0.15, -0.1) is 10.2 Å². The highest BCUT2D eigenvalue weighted by Gasteiger charge is 2.17. The van der Waals surface area contributed by atoms with Gasteiger partial charge in [-0.2, -0.15) is 0 Å². The summed E-state index contributed by atoms with van der Waals surface area (Å²) in [6, 6.07) is 13.7. The average molecular weight is 424 g/mol. The van der Waals surface area contributed by atoms with Gasteiger partial charge in [-0.05, 0) is 36.4 Å². The Labute approximate surface area is 167 Å². The van der Waals surface area contributed by atoms with Gasteiger partial charge in [-0.1, -0.05) is 35.5 Å². The number of nitrogens with zero attached hydrogens (tertiary/aromatic N) is 3. The van der Waals surface area contributed by atoms with Crippen LogP contribution in [0.3, 0.4) is 0 Å². The Morgan fingerprint density at radius 2 is 1.81 bits per heavy atom. The Morgan fingerprint density at radius 3 is 2.52 bits per heavy atom. The molecule has 142 valence electrons. The Balaban J connectivity index is 1.71. The van der Waals surface area contributed by atoms with Gasteiger partial charge < -0.3 is 9.30 Å². The number of para-hydroxylation sites is 1. The van der Waals surface area contributed by atoms with E-state index in [0.717, 1.165) is 5.56 Å². The summed E-state index contributed by atoms with van der Waals surface area (Å²) in [5.41, 5.74) is 0.829. The van der Waals surface area contributed by atoms with E-state index in [2.05, 4.69) is 10.2 Å². The third-order valence-corrected chi connectivity index (χ3v) is 7.20. The normalized spacial score (nSPS) is 11.5. The lowest BCUT2D eigenvalue weighted by molar-refractivity contribution is 0.416. The standard InChI is InChI=1S/C18H18ClN3O3S2/c1-22-17(15-5-3-4-6-16(15)25-2)20-21-18(22)26-11-12-27(23,24)14-9-7-13(19)8-10-14/h3-10H,11-12H2,1-2H3. The van der Waals surface area contributed by atoms with Crippen molar-refractivity contribution < 1.29 is 13.2 Å². The van der Waals surface area contributed by atoms with Crippen LogP contribution in [0.1, 0.15) is 0 Å². The lowest BCUT2D eigenvalue weighted by Gasteiger charge is -2.08. The van der Waals surface area contributed by atoms with Crippen molar-refractivity contribution in [2.45, 2.75) is 10.1 Å². The summed E-state index contributed by atoms with van der Waals surface area (Å²) in [6.45, 7) is 0. The van der Waals surface area contributed by atoms with Crippen LogP contribution >= 0.6 is 23.4 Å². The van der Waals surface area contributed by atoms with Gasteiger partial charge >= 0.3 is 0 Å². The van der Waals surface area contributed by atoms with Crippen LogP contribution in [0.5, 0.6) is 5.75 Å². The molecule has 0 amide bonds. The molecule has 0 N–H and O–H groups in total. The molecule has 0 spiro atoms. The molecule has 3 rings (SSSR count). The van der Waals surface area contributed by atoms with Crippen LogP contribution in [0.2, 0.25) is 5.02 Å². The maximum Gasteiger partial charge on any atom is 0.191 e. The van der Waals surface area contributed by atoms with E-state index >= 15 is 0 Å². The second-order valence-electron chi connectivity index (χ2n) is 5.69. The van der Waals surface area contributed by atoms with Gasteiger partial charge in [0.1, 0.15) is 5.75 Å². The minimum Gasteiger partial charge on any atom is -0.496 e. The zero-order valence-corrected chi connectivity index (χ0v) is 17.2. The number of sulfone groups is 1. The molecule has 0 bridgehead atoms. The van der Waals surface area contributed by atoms with E-state index in [0.29, 0.717) is 27.5 Å². The molecule has 1 aromatic heterocycles. The van der Waals surface area contributed by atoms with E-state index in [-0.39, 0.29) is 10.6 Å². The maximum atomic E-state index is 12.4. The Morgan fingerprint density at radius 1 is 1.11 bits per heavy atom. The third-order valence-electron chi connectivity index (χ3n) is 3.94. The van der Waals surface area contributed by atoms with Crippen molar-refractivity contribution in [2.24, 2.45) is 7.05 Å². The first-order valence-corrected chi connectivity index (χ1v) is 11.1. The maximum absolute atomic E-state index is 12.4. The van der Waals surface area contributed by atoms with Gasteiger partial charge in [0.15, 0.2) is 20.8 Å². The van der Waals surface area contributed by atoms with Gasteiger partial charge in [-0.25, -0.2) is 8.42 Å². The van der Waals surface area contributed by atoms with Crippen LogP contribution in [0.15, 0.2) is 58.6 Å². The minimum absolute atomic E-state index is 0.00382. The molecule has 9 heteroatoms. The fraction of sp³-hybridized carbons (Fsp3) is 0.222. The molecule has 0 aliphatic carbocycles. The number of aromatic nitrogens is 3. The predicted octanol–water partition coefficient (Wildman–Crippen LogP) is 3.71. The Hall–Kier alpha value is -2.03. The number of methoxy groups -OCH3 is 1. The molecule has 0 aliphatic heterocycles. The molecule has 2 aromatic carbocycles. The molecule has 0 atom stereocenters. The van der Waals surface area contributed by atoms with Gasteiger partial charge in [0.2, 0.25) is 0 Å². The summed E-state index contributed by atoms with van der Waals surface area (Å²) in [5, 5.41) is 9.55. The molecular weight excluding hydrogens is 406 g/mol. The van der Waals surface area contributed by atoms with Gasteiger partial charge in [0.25, 0.3) is 0 Å². The lowest BCUT2D eigenvalue weighted by atomic mass is 10.2. The molecular formula is C18H18ClN3O3S2. The van der Waals surface area contributed by atoms with Crippen molar-refractivity contribution in [1.82, 2.24) is 14.8 Å². The molecule has 0 aliphatic rings. The van der Waals surface area contributed by atoms with Crippen LogP contribution in [0, 0.1) is 0 Å². The summed E-state index contributed by atoms with van der Waals surface area (Å²) in [4.78, 5) is 0.264. The van der Waals surface area contributed by atoms with E-state index < -0.39 is 9.84 Å². The number of thioether (sulfide) groups is 1. The minimum atomic E-state index is -3.37. The van der Waals surface area contributed by atoms with Crippen molar-refractivity contribution in [3.8, 4) is 17.1 Å². The third kappa shape index (κ3) is 4.45. The zero-order chi connectivity index (χ0) is 19.4. The summed E-state index contributed by atoms with van der Waals surface area (Å²) in [5.74, 6) is 1.73. The first-order chi connectivity index (χ1) is 12.9. The van der Waals surface area contributed by atoms with E-state index in [4.69, 9.17) is 16.3 Å². The van der Waals surface area contributed by atoms with E-state index in [1.807, 2.05) is 35.9 Å². The van der Waals surface area contributed by atoms with Gasteiger partial charge in [-0.3, -0.25) is 0 Å². The summed E-state index contributed by atoms with van der Waals surface area (Å²) < 4.78 is 32.0. The van der Waals surface area contributed by atoms with Crippen LogP contribution in [-0.2, 0) is 16.9 Å². The van der Waals surface area contributed by atoms with Crippen LogP contribution in [0.4, 0.5) is 0 Å². The number of hydrogen-bond acceptors (Lipinski definition) is 6. The van der Waals surface area contributed by atoms with Crippen LogP contribution in [0.25, 0.3) is 11.4 Å². The first-order valence-electron chi connectivity index (χ1n) is 8.06. The quantitative estimate of drug-likeness (QED) is 0.539. The van der Waals surface area contributed by atoms with Crippen LogP contribution < -0.4 is 4.74 Å². The molecule has 6 nitrogen and oxygen atoms in total. The smallest absolute Gasteiger partial charge is 0.191 e. The van der Waals surface area contributed by atoms with Crippen molar-refractivity contribution in [1.29, 1.82) is 0 Å². The Kier molecular flexibility index (Phi) is 6.08. The molecule has 27 heavy (non-hydrogen) atoms. The molecule has 0 radical (unpaired) electrons. The number of ether oxygens (including phenoxy) is 1. The molecule has 0 fully saturated rings. The highest BCUT2D eigenvalue weighted by molar-refractivity contribution is 8.00. The number of hydrogen-bond donors (Lipinski definition) is 0. The molecule has 0 unspecified atom stereocenters. The second-order valence-corrected chi connectivity index (χ2v) is 9.29. The van der Waals surface area contributed by atoms with E-state index in [1.165, 1.54) is 23.9 Å². The van der Waals surface area contributed by atoms with Crippen molar-refractivity contribution in [3.63, 3.8) is 0 Å². The van der Waals surface area contributed by atoms with Gasteiger partial charge in [0, 0.05) is 17.8 Å². The molecule has 1 heterocycles. The second kappa shape index (κ2) is 8.33. The van der Waals surface area contributed by atoms with Gasteiger partial charge in [0.05, 0.1) is 23.3 Å². The van der Waals surface area contributed by atoms with Crippen molar-refractivity contribution in [2.75, 3.05) is 18.6 Å². The molecule has 0 saturated carbocycles. The van der Waals surface area contributed by atoms with Crippen molar-refractivity contribution >= 4 is 33.2 Å². The molecule has 0 saturated heterocycles. The van der Waals surface area contributed by atoms with Crippen LogP contribution in [-0.4, -0.2) is 41.8 Å². The highest BCUT2D eigenvalue weighted by atomic mass is 35.5. The van der Waals surface area contributed by atoms with E-state index in [1.54, 1.807) is 19.2 Å². The SMILES string of the molecule is COc1ccccc1-c1nnc(SCCS(=O)(=O)c2ccc(Cl)cc2)n1C. The monoisotopic (exact) mass is 423 g/mol. The Bertz CT molecular complexity index is 1030. The number of halogens is 1. The summed E-state index contributed by atoms with van der Waals surface area (Å²) in [6.07, 6.45) is 0. The average Bonchev–Trinajstić information content (AvgIpc) is 3.02.